The number of carbonyl (C=O) groups excluding carboxylic acids is 3. The lowest BCUT2D eigenvalue weighted by Crippen LogP contribution is -3.12. The summed E-state index contributed by atoms with van der Waals surface area (Å²) in [4.78, 5) is 40.4. The lowest BCUT2D eigenvalue weighted by Gasteiger charge is -2.24. The van der Waals surface area contributed by atoms with E-state index in [4.69, 9.17) is 0 Å². The Morgan fingerprint density at radius 2 is 1.92 bits per heavy atom. The highest BCUT2D eigenvalue weighted by atomic mass is 32.2. The number of nitrogens with zero attached hydrogens (tertiary/aromatic N) is 2. The van der Waals surface area contributed by atoms with E-state index < -0.39 is 0 Å². The first-order valence-corrected chi connectivity index (χ1v) is 10.0. The van der Waals surface area contributed by atoms with Gasteiger partial charge in [0.1, 0.15) is 29.8 Å². The van der Waals surface area contributed by atoms with Crippen LogP contribution in [0, 0.1) is 11.8 Å². The average Bonchev–Trinajstić information content (AvgIpc) is 3.34. The van der Waals surface area contributed by atoms with E-state index >= 15 is 0 Å². The van der Waals surface area contributed by atoms with Crippen molar-refractivity contribution in [1.82, 2.24) is 9.47 Å². The normalized spacial score (nSPS) is 33.2. The van der Waals surface area contributed by atoms with Crippen molar-refractivity contribution in [2.45, 2.75) is 19.0 Å². The summed E-state index contributed by atoms with van der Waals surface area (Å²) in [5.41, 5.74) is 1.88. The highest BCUT2D eigenvalue weighted by Crippen LogP contribution is 2.44. The van der Waals surface area contributed by atoms with Crippen molar-refractivity contribution in [2.24, 2.45) is 11.8 Å². The quantitative estimate of drug-likeness (QED) is 0.745. The van der Waals surface area contributed by atoms with Crippen molar-refractivity contribution < 1.29 is 19.3 Å². The highest BCUT2D eigenvalue weighted by Gasteiger charge is 2.66. The van der Waals surface area contributed by atoms with Gasteiger partial charge in [-0.3, -0.25) is 23.9 Å². The largest absolute Gasteiger partial charge is 0.316 e. The summed E-state index contributed by atoms with van der Waals surface area (Å²) in [5, 5.41) is 1.01. The molecule has 5 atom stereocenters. The third-order valence-corrected chi connectivity index (χ3v) is 7.40. The van der Waals surface area contributed by atoms with Gasteiger partial charge in [-0.05, 0) is 6.07 Å². The van der Waals surface area contributed by atoms with Gasteiger partial charge in [0, 0.05) is 31.1 Å². The fourth-order valence-corrected chi connectivity index (χ4v) is 6.57. The first kappa shape index (κ1) is 16.1. The number of nitrogens with one attached hydrogen (secondary N) is 1. The van der Waals surface area contributed by atoms with E-state index in [0.717, 1.165) is 28.1 Å². The summed E-state index contributed by atoms with van der Waals surface area (Å²) in [6.07, 6.45) is 1.89. The molecule has 0 radical (unpaired) electrons. The fraction of sp³-hybridized carbons (Fsp3) is 0.421. The number of aromatic nitrogens is 1. The standard InChI is InChI=1S/C19H19N3O3S/c1-10(23)21-7-12(11-5-3-4-6-13(11)21)17-16-15(14-8-26-9-22(14)17)18(24)20(2)19(16)25/h3-7,14-17H,8-9H2,1-2H3/p+1/t14-,15-,16+,17+/m1/s1. The van der Waals surface area contributed by atoms with E-state index in [2.05, 4.69) is 0 Å². The monoisotopic (exact) mass is 370 g/mol. The second-order valence-corrected chi connectivity index (χ2v) is 8.48. The maximum Gasteiger partial charge on any atom is 0.239 e. The number of rotatable bonds is 1. The van der Waals surface area contributed by atoms with Gasteiger partial charge in [0.15, 0.2) is 0 Å². The Kier molecular flexibility index (Phi) is 3.36. The van der Waals surface area contributed by atoms with E-state index in [0.29, 0.717) is 0 Å². The zero-order valence-electron chi connectivity index (χ0n) is 14.6. The molecule has 1 aromatic heterocycles. The smallest absolute Gasteiger partial charge is 0.239 e. The maximum absolute atomic E-state index is 12.9. The van der Waals surface area contributed by atoms with Crippen LogP contribution in [0.2, 0.25) is 0 Å². The van der Waals surface area contributed by atoms with Gasteiger partial charge < -0.3 is 4.90 Å². The van der Waals surface area contributed by atoms with Gasteiger partial charge in [0.25, 0.3) is 0 Å². The minimum absolute atomic E-state index is 0.0391. The molecule has 3 fully saturated rings. The molecule has 3 aliphatic rings. The number of likely N-dealkylation sites (tertiary alicyclic amines) is 1. The van der Waals surface area contributed by atoms with Crippen LogP contribution in [-0.4, -0.2) is 51.9 Å². The van der Waals surface area contributed by atoms with Crippen molar-refractivity contribution in [3.05, 3.63) is 36.0 Å². The van der Waals surface area contributed by atoms with Crippen LogP contribution < -0.4 is 4.90 Å². The Morgan fingerprint density at radius 1 is 1.19 bits per heavy atom. The van der Waals surface area contributed by atoms with Crippen LogP contribution >= 0.6 is 11.8 Å². The van der Waals surface area contributed by atoms with Crippen LogP contribution in [0.15, 0.2) is 30.5 Å². The lowest BCUT2D eigenvalue weighted by atomic mass is 9.86. The molecule has 4 heterocycles. The zero-order valence-corrected chi connectivity index (χ0v) is 15.5. The van der Waals surface area contributed by atoms with E-state index in [1.165, 1.54) is 9.80 Å². The number of benzene rings is 1. The summed E-state index contributed by atoms with van der Waals surface area (Å²) < 4.78 is 1.67. The number of para-hydroxylation sites is 1. The Labute approximate surface area is 155 Å². The fourth-order valence-electron chi connectivity index (χ4n) is 5.15. The van der Waals surface area contributed by atoms with Crippen molar-refractivity contribution in [2.75, 3.05) is 18.7 Å². The van der Waals surface area contributed by atoms with Crippen LogP contribution in [0.25, 0.3) is 10.9 Å². The molecule has 1 unspecified atom stereocenters. The molecule has 2 aromatic rings. The van der Waals surface area contributed by atoms with Crippen molar-refractivity contribution in [3.63, 3.8) is 0 Å². The molecule has 0 aliphatic carbocycles. The number of fused-ring (bicyclic) bond motifs is 4. The van der Waals surface area contributed by atoms with Crippen LogP contribution in [0.4, 0.5) is 0 Å². The first-order chi connectivity index (χ1) is 12.5. The van der Waals surface area contributed by atoms with E-state index in [9.17, 15) is 14.4 Å². The lowest BCUT2D eigenvalue weighted by molar-refractivity contribution is -0.924. The van der Waals surface area contributed by atoms with Crippen molar-refractivity contribution in [1.29, 1.82) is 0 Å². The average molecular weight is 370 g/mol. The number of thioether (sulfide) groups is 1. The number of quaternary nitrogens is 1. The summed E-state index contributed by atoms with van der Waals surface area (Å²) in [6.45, 7) is 1.55. The van der Waals surface area contributed by atoms with Crippen LogP contribution in [-0.2, 0) is 9.59 Å². The van der Waals surface area contributed by atoms with Crippen LogP contribution in [0.3, 0.4) is 0 Å². The predicted molar refractivity (Wildman–Crippen MR) is 97.8 cm³/mol. The third-order valence-electron chi connectivity index (χ3n) is 6.27. The SMILES string of the molecule is CC(=O)n1cc([C@H]2[C@H]3C(=O)N(C)C(=O)[C@@H]3[C@H]3CSC[NH+]32)c2ccccc21. The van der Waals surface area contributed by atoms with E-state index in [1.54, 1.807) is 18.5 Å². The molecule has 1 aromatic carbocycles. The summed E-state index contributed by atoms with van der Waals surface area (Å²) in [6, 6.07) is 7.93. The predicted octanol–water partition coefficient (Wildman–Crippen LogP) is 0.545. The molecular weight excluding hydrogens is 350 g/mol. The molecule has 6 nitrogen and oxygen atoms in total. The second-order valence-electron chi connectivity index (χ2n) is 7.45. The number of hydrogen-bond donors (Lipinski definition) is 1. The van der Waals surface area contributed by atoms with Crippen molar-refractivity contribution in [3.8, 4) is 0 Å². The van der Waals surface area contributed by atoms with E-state index in [1.807, 2.05) is 42.2 Å². The first-order valence-electron chi connectivity index (χ1n) is 8.86. The van der Waals surface area contributed by atoms with Crippen LogP contribution in [0.1, 0.15) is 23.3 Å². The van der Waals surface area contributed by atoms with Crippen LogP contribution in [0.5, 0.6) is 0 Å². The van der Waals surface area contributed by atoms with E-state index in [-0.39, 0.29) is 41.6 Å². The minimum Gasteiger partial charge on any atom is -0.316 e. The Bertz CT molecular complexity index is 968. The van der Waals surface area contributed by atoms with Gasteiger partial charge >= 0.3 is 0 Å². The van der Waals surface area contributed by atoms with Gasteiger partial charge in [-0.15, -0.1) is 0 Å². The van der Waals surface area contributed by atoms with Gasteiger partial charge in [-0.1, -0.05) is 30.0 Å². The maximum atomic E-state index is 12.9. The molecule has 134 valence electrons. The molecule has 3 aliphatic heterocycles. The Hall–Kier alpha value is -2.12. The summed E-state index contributed by atoms with van der Waals surface area (Å²) in [5.74, 6) is 1.09. The Morgan fingerprint density at radius 3 is 2.69 bits per heavy atom. The Balaban J connectivity index is 1.72. The summed E-state index contributed by atoms with van der Waals surface area (Å²) >= 11 is 1.84. The number of hydrogen-bond acceptors (Lipinski definition) is 4. The molecule has 0 saturated carbocycles. The molecule has 0 bridgehead atoms. The number of imide groups is 1. The van der Waals surface area contributed by atoms with Crippen molar-refractivity contribution >= 4 is 40.4 Å². The highest BCUT2D eigenvalue weighted by molar-refractivity contribution is 7.99. The number of amides is 2. The molecular formula is C19H20N3O3S+. The topological polar surface area (TPSA) is 63.8 Å². The molecule has 7 heteroatoms. The molecule has 3 saturated heterocycles. The summed E-state index contributed by atoms with van der Waals surface area (Å²) in [7, 11) is 1.60. The molecule has 0 spiro atoms. The third kappa shape index (κ3) is 1.90. The molecule has 1 N–H and O–H groups in total. The zero-order chi connectivity index (χ0) is 18.2. The molecule has 26 heavy (non-hydrogen) atoms. The second kappa shape index (κ2) is 5.44. The molecule has 5 rings (SSSR count). The minimum atomic E-state index is -0.320. The van der Waals surface area contributed by atoms with Gasteiger partial charge in [0.05, 0.1) is 11.3 Å². The number of carbonyl (C=O) groups is 3. The van der Waals surface area contributed by atoms with Gasteiger partial charge in [-0.25, -0.2) is 0 Å². The van der Waals surface area contributed by atoms with Gasteiger partial charge in [-0.2, -0.15) is 0 Å². The molecule has 2 amide bonds. The van der Waals surface area contributed by atoms with Gasteiger partial charge in [0.2, 0.25) is 17.7 Å².